The van der Waals surface area contributed by atoms with Crippen LogP contribution in [0.5, 0.6) is 11.5 Å². The van der Waals surface area contributed by atoms with E-state index in [2.05, 4.69) is 17.2 Å². The number of nitrogens with one attached hydrogen (secondary N) is 1. The first-order valence-corrected chi connectivity index (χ1v) is 8.69. The largest absolute Gasteiger partial charge is 0.497 e. The van der Waals surface area contributed by atoms with E-state index >= 15 is 0 Å². The minimum Gasteiger partial charge on any atom is -0.497 e. The van der Waals surface area contributed by atoms with Crippen molar-refractivity contribution in [2.75, 3.05) is 12.4 Å². The Balaban J connectivity index is 2.30. The summed E-state index contributed by atoms with van der Waals surface area (Å²) in [4.78, 5) is 16.3. The average molecular weight is 357 g/mol. The third kappa shape index (κ3) is 4.45. The van der Waals surface area contributed by atoms with Crippen molar-refractivity contribution >= 4 is 11.6 Å². The number of primary amides is 1. The molecule has 0 saturated carbocycles. The Labute approximate surface area is 154 Å². The van der Waals surface area contributed by atoms with Gasteiger partial charge in [-0.2, -0.15) is 0 Å². The number of ether oxygens (including phenoxy) is 2. The molecular weight excluding hydrogens is 330 g/mol. The highest BCUT2D eigenvalue weighted by atomic mass is 16.5. The Morgan fingerprint density at radius 2 is 1.96 bits per heavy atom. The normalized spacial score (nSPS) is 11.7. The van der Waals surface area contributed by atoms with Crippen molar-refractivity contribution < 1.29 is 14.3 Å². The summed E-state index contributed by atoms with van der Waals surface area (Å²) >= 11 is 0. The van der Waals surface area contributed by atoms with Crippen LogP contribution in [0, 0.1) is 13.8 Å². The second-order valence-electron chi connectivity index (χ2n) is 6.38. The van der Waals surface area contributed by atoms with E-state index in [9.17, 15) is 4.79 Å². The molecule has 1 aromatic heterocycles. The molecule has 0 aliphatic rings. The van der Waals surface area contributed by atoms with E-state index in [-0.39, 0.29) is 12.6 Å². The molecule has 3 N–H and O–H groups in total. The Morgan fingerprint density at radius 3 is 2.50 bits per heavy atom. The Morgan fingerprint density at radius 1 is 1.31 bits per heavy atom. The molecule has 1 aromatic carbocycles. The highest BCUT2D eigenvalue weighted by Crippen LogP contribution is 2.29. The number of carbonyl (C=O) groups excluding carboxylic acids is 1. The van der Waals surface area contributed by atoms with Crippen LogP contribution in [0.1, 0.15) is 47.4 Å². The number of aryl methyl sites for hydroxylation is 2. The van der Waals surface area contributed by atoms with Gasteiger partial charge in [-0.25, -0.2) is 0 Å². The topological polar surface area (TPSA) is 86.5 Å². The van der Waals surface area contributed by atoms with Gasteiger partial charge in [0.25, 0.3) is 5.91 Å². The standard InChI is InChI=1S/C20H27N3O3/c1-6-14(4)23-16-7-8-22-17(18(16)20(21)24)11-26-19-12(2)9-15(25-5)10-13(19)3/h7-10,14H,6,11H2,1-5H3,(H2,21,24)(H,22,23). The molecule has 1 amide bonds. The van der Waals surface area contributed by atoms with Crippen molar-refractivity contribution in [1.82, 2.24) is 4.98 Å². The maximum atomic E-state index is 12.0. The third-order valence-electron chi connectivity index (χ3n) is 4.31. The van der Waals surface area contributed by atoms with E-state index in [0.717, 1.165) is 29.0 Å². The SMILES string of the molecule is CCC(C)Nc1ccnc(COc2c(C)cc(OC)cc2C)c1C(N)=O. The van der Waals surface area contributed by atoms with Crippen LogP contribution >= 0.6 is 0 Å². The van der Waals surface area contributed by atoms with Crippen molar-refractivity contribution in [2.24, 2.45) is 5.73 Å². The van der Waals surface area contributed by atoms with Gasteiger partial charge in [-0.05, 0) is 56.5 Å². The molecule has 0 aliphatic carbocycles. The number of benzene rings is 1. The van der Waals surface area contributed by atoms with Gasteiger partial charge in [0.15, 0.2) is 0 Å². The fraction of sp³-hybridized carbons (Fsp3) is 0.400. The summed E-state index contributed by atoms with van der Waals surface area (Å²) in [6.07, 6.45) is 2.58. The first-order valence-electron chi connectivity index (χ1n) is 8.69. The van der Waals surface area contributed by atoms with Gasteiger partial charge >= 0.3 is 0 Å². The van der Waals surface area contributed by atoms with Gasteiger partial charge in [-0.15, -0.1) is 0 Å². The zero-order valence-corrected chi connectivity index (χ0v) is 16.1. The number of amides is 1. The predicted octanol–water partition coefficient (Wildman–Crippen LogP) is 3.60. The summed E-state index contributed by atoms with van der Waals surface area (Å²) in [5, 5.41) is 3.30. The van der Waals surface area contributed by atoms with E-state index in [1.165, 1.54) is 0 Å². The smallest absolute Gasteiger partial charge is 0.252 e. The van der Waals surface area contributed by atoms with E-state index in [1.54, 1.807) is 19.4 Å². The molecule has 0 radical (unpaired) electrons. The molecule has 26 heavy (non-hydrogen) atoms. The summed E-state index contributed by atoms with van der Waals surface area (Å²) in [6.45, 7) is 8.18. The summed E-state index contributed by atoms with van der Waals surface area (Å²) in [5.74, 6) is 1.01. The van der Waals surface area contributed by atoms with E-state index in [1.807, 2.05) is 32.9 Å². The molecule has 140 valence electrons. The lowest BCUT2D eigenvalue weighted by Crippen LogP contribution is -2.22. The molecule has 0 aliphatic heterocycles. The Bertz CT molecular complexity index is 767. The Kier molecular flexibility index (Phi) is 6.44. The van der Waals surface area contributed by atoms with E-state index < -0.39 is 5.91 Å². The van der Waals surface area contributed by atoms with Gasteiger partial charge in [0.05, 0.1) is 24.1 Å². The lowest BCUT2D eigenvalue weighted by Gasteiger charge is -2.18. The monoisotopic (exact) mass is 357 g/mol. The molecule has 1 atom stereocenters. The number of carbonyl (C=O) groups is 1. The van der Waals surface area contributed by atoms with Gasteiger partial charge in [0, 0.05) is 12.2 Å². The summed E-state index contributed by atoms with van der Waals surface area (Å²) in [7, 11) is 1.63. The fourth-order valence-electron chi connectivity index (χ4n) is 2.77. The first kappa shape index (κ1) is 19.6. The lowest BCUT2D eigenvalue weighted by atomic mass is 10.1. The highest BCUT2D eigenvalue weighted by Gasteiger charge is 2.17. The summed E-state index contributed by atoms with van der Waals surface area (Å²) in [6, 6.07) is 5.80. The summed E-state index contributed by atoms with van der Waals surface area (Å²) < 4.78 is 11.2. The van der Waals surface area contributed by atoms with Crippen LogP contribution in [0.2, 0.25) is 0 Å². The van der Waals surface area contributed by atoms with Crippen molar-refractivity contribution in [3.05, 3.63) is 46.8 Å². The molecule has 1 unspecified atom stereocenters. The molecule has 0 bridgehead atoms. The number of anilines is 1. The van der Waals surface area contributed by atoms with E-state index in [0.29, 0.717) is 16.9 Å². The van der Waals surface area contributed by atoms with Crippen LogP contribution in [-0.2, 0) is 6.61 Å². The van der Waals surface area contributed by atoms with Crippen LogP contribution in [0.15, 0.2) is 24.4 Å². The van der Waals surface area contributed by atoms with Crippen LogP contribution in [0.3, 0.4) is 0 Å². The predicted molar refractivity (Wildman–Crippen MR) is 103 cm³/mol. The van der Waals surface area contributed by atoms with Gasteiger partial charge in [0.2, 0.25) is 0 Å². The van der Waals surface area contributed by atoms with Crippen molar-refractivity contribution in [3.8, 4) is 11.5 Å². The minimum atomic E-state index is -0.523. The minimum absolute atomic E-state index is 0.155. The fourth-order valence-corrected chi connectivity index (χ4v) is 2.77. The van der Waals surface area contributed by atoms with Gasteiger partial charge < -0.3 is 20.5 Å². The van der Waals surface area contributed by atoms with Gasteiger partial charge in [0.1, 0.15) is 18.1 Å². The molecule has 0 fully saturated rings. The van der Waals surface area contributed by atoms with Crippen molar-refractivity contribution in [2.45, 2.75) is 46.8 Å². The molecule has 2 rings (SSSR count). The highest BCUT2D eigenvalue weighted by molar-refractivity contribution is 5.99. The van der Waals surface area contributed by atoms with Crippen LogP contribution < -0.4 is 20.5 Å². The number of hydrogen-bond donors (Lipinski definition) is 2. The second-order valence-corrected chi connectivity index (χ2v) is 6.38. The zero-order chi connectivity index (χ0) is 19.3. The number of rotatable bonds is 8. The van der Waals surface area contributed by atoms with Crippen molar-refractivity contribution in [1.29, 1.82) is 0 Å². The third-order valence-corrected chi connectivity index (χ3v) is 4.31. The van der Waals surface area contributed by atoms with Gasteiger partial charge in [-0.3, -0.25) is 9.78 Å². The molecule has 6 nitrogen and oxygen atoms in total. The molecule has 1 heterocycles. The number of nitrogens with zero attached hydrogens (tertiary/aromatic N) is 1. The summed E-state index contributed by atoms with van der Waals surface area (Å²) in [5.41, 5.74) is 9.09. The second kappa shape index (κ2) is 8.56. The number of nitrogens with two attached hydrogens (primary N) is 1. The molecule has 0 saturated heterocycles. The van der Waals surface area contributed by atoms with E-state index in [4.69, 9.17) is 15.2 Å². The molecule has 0 spiro atoms. The van der Waals surface area contributed by atoms with Crippen LogP contribution in [-0.4, -0.2) is 24.0 Å². The average Bonchev–Trinajstić information content (AvgIpc) is 2.60. The number of hydrogen-bond acceptors (Lipinski definition) is 5. The first-order chi connectivity index (χ1) is 12.4. The maximum absolute atomic E-state index is 12.0. The van der Waals surface area contributed by atoms with Crippen molar-refractivity contribution in [3.63, 3.8) is 0 Å². The zero-order valence-electron chi connectivity index (χ0n) is 16.1. The maximum Gasteiger partial charge on any atom is 0.252 e. The quantitative estimate of drug-likeness (QED) is 0.754. The molecule has 6 heteroatoms. The molecule has 2 aromatic rings. The Hall–Kier alpha value is -2.76. The lowest BCUT2D eigenvalue weighted by molar-refractivity contribution is 0.0998. The van der Waals surface area contributed by atoms with Crippen LogP contribution in [0.25, 0.3) is 0 Å². The van der Waals surface area contributed by atoms with Crippen LogP contribution in [0.4, 0.5) is 5.69 Å². The number of aromatic nitrogens is 1. The van der Waals surface area contributed by atoms with Gasteiger partial charge in [-0.1, -0.05) is 6.92 Å². The number of pyridine rings is 1. The molecular formula is C20H27N3O3. The number of methoxy groups -OCH3 is 1.